The number of carbonyl (C=O) groups is 1. The second-order valence-electron chi connectivity index (χ2n) is 6.28. The zero-order valence-corrected chi connectivity index (χ0v) is 18.3. The Balaban J connectivity index is 2.01. The Morgan fingerprint density at radius 3 is 2.10 bits per heavy atom. The van der Waals surface area contributed by atoms with E-state index >= 15 is 0 Å². The molecule has 0 amide bonds. The van der Waals surface area contributed by atoms with E-state index in [9.17, 15) is 9.90 Å². The van der Waals surface area contributed by atoms with Gasteiger partial charge in [0, 0.05) is 31.4 Å². The molecule has 1 N–H and O–H groups in total. The molecule has 158 valence electrons. The van der Waals surface area contributed by atoms with Crippen molar-refractivity contribution in [1.82, 2.24) is 0 Å². The van der Waals surface area contributed by atoms with E-state index in [2.05, 4.69) is 0 Å². The monoisotopic (exact) mass is 418 g/mol. The lowest BCUT2D eigenvalue weighted by Crippen LogP contribution is -2.46. The van der Waals surface area contributed by atoms with Crippen molar-refractivity contribution in [1.29, 1.82) is 0 Å². The van der Waals surface area contributed by atoms with Crippen LogP contribution in [-0.4, -0.2) is 46.1 Å². The van der Waals surface area contributed by atoms with E-state index < -0.39 is 8.80 Å². The van der Waals surface area contributed by atoms with E-state index in [0.717, 1.165) is 0 Å². The molecule has 0 fully saturated rings. The Hall–Kier alpha value is -2.19. The molecule has 0 aliphatic carbocycles. The lowest BCUT2D eigenvalue weighted by molar-refractivity contribution is 0.0696. The van der Waals surface area contributed by atoms with Gasteiger partial charge in [-0.15, -0.1) is 0 Å². The molecule has 0 saturated heterocycles. The number of benzene rings is 2. The topological polar surface area (TPSA) is 74.2 Å². The highest BCUT2D eigenvalue weighted by Crippen LogP contribution is 2.31. The van der Waals surface area contributed by atoms with Gasteiger partial charge >= 0.3 is 8.80 Å². The largest absolute Gasteiger partial charge is 0.504 e. The third-order valence-electron chi connectivity index (χ3n) is 4.26. The summed E-state index contributed by atoms with van der Waals surface area (Å²) in [6.07, 6.45) is 0.641. The molecule has 2 aromatic rings. The van der Waals surface area contributed by atoms with Crippen molar-refractivity contribution in [2.45, 2.75) is 33.2 Å². The molecule has 2 rings (SSSR count). The summed E-state index contributed by atoms with van der Waals surface area (Å²) in [6.45, 7) is 7.68. The number of ketones is 1. The highest BCUT2D eigenvalue weighted by Gasteiger charge is 2.39. The van der Waals surface area contributed by atoms with Crippen LogP contribution >= 0.6 is 0 Å². The Morgan fingerprint density at radius 2 is 1.52 bits per heavy atom. The summed E-state index contributed by atoms with van der Waals surface area (Å²) in [4.78, 5) is 12.6. The first kappa shape index (κ1) is 23.1. The minimum absolute atomic E-state index is 0.149. The highest BCUT2D eigenvalue weighted by molar-refractivity contribution is 6.60. The average molecular weight is 419 g/mol. The van der Waals surface area contributed by atoms with Gasteiger partial charge in [-0.3, -0.25) is 4.79 Å². The normalized spacial score (nSPS) is 11.4. The van der Waals surface area contributed by atoms with Gasteiger partial charge in [-0.2, -0.15) is 0 Å². The zero-order valence-electron chi connectivity index (χ0n) is 17.3. The van der Waals surface area contributed by atoms with Crippen molar-refractivity contribution in [2.75, 3.05) is 26.4 Å². The van der Waals surface area contributed by atoms with E-state index in [-0.39, 0.29) is 22.8 Å². The second kappa shape index (κ2) is 11.7. The van der Waals surface area contributed by atoms with Crippen LogP contribution < -0.4 is 4.74 Å². The van der Waals surface area contributed by atoms with Gasteiger partial charge in [-0.1, -0.05) is 36.4 Å². The number of rotatable bonds is 13. The van der Waals surface area contributed by atoms with Crippen LogP contribution in [0.25, 0.3) is 0 Å². The molecule has 0 aliphatic heterocycles. The molecule has 29 heavy (non-hydrogen) atoms. The molecule has 0 heterocycles. The summed E-state index contributed by atoms with van der Waals surface area (Å²) < 4.78 is 23.2. The fourth-order valence-electron chi connectivity index (χ4n) is 3.04. The number of aromatic hydroxyl groups is 1. The van der Waals surface area contributed by atoms with Gasteiger partial charge in [0.2, 0.25) is 0 Å². The number of ether oxygens (including phenoxy) is 1. The average Bonchev–Trinajstić information content (AvgIpc) is 2.73. The van der Waals surface area contributed by atoms with E-state index in [1.165, 1.54) is 0 Å². The highest BCUT2D eigenvalue weighted by atomic mass is 28.4. The number of carbonyl (C=O) groups excluding carboxylic acids is 1. The molecular formula is C22H30O6Si. The first-order valence-corrected chi connectivity index (χ1v) is 12.0. The fourth-order valence-corrected chi connectivity index (χ4v) is 5.62. The van der Waals surface area contributed by atoms with Crippen LogP contribution in [0.15, 0.2) is 48.5 Å². The van der Waals surface area contributed by atoms with Crippen molar-refractivity contribution in [3.05, 3.63) is 59.7 Å². The van der Waals surface area contributed by atoms with E-state index in [4.69, 9.17) is 18.0 Å². The Kier molecular flexibility index (Phi) is 9.33. The minimum Gasteiger partial charge on any atom is -0.504 e. The fraction of sp³-hybridized carbons (Fsp3) is 0.409. The van der Waals surface area contributed by atoms with Crippen molar-refractivity contribution in [3.8, 4) is 11.5 Å². The summed E-state index contributed by atoms with van der Waals surface area (Å²) in [5.74, 6) is -0.114. The third kappa shape index (κ3) is 6.40. The van der Waals surface area contributed by atoms with Crippen LogP contribution in [0, 0.1) is 0 Å². The second-order valence-corrected chi connectivity index (χ2v) is 9.01. The van der Waals surface area contributed by atoms with Crippen molar-refractivity contribution < 1.29 is 27.9 Å². The maximum Gasteiger partial charge on any atom is 0.501 e. The van der Waals surface area contributed by atoms with Gasteiger partial charge < -0.3 is 23.1 Å². The Bertz CT molecular complexity index is 748. The molecule has 0 atom stereocenters. The molecule has 0 bridgehead atoms. The van der Waals surface area contributed by atoms with Crippen LogP contribution in [-0.2, 0) is 13.3 Å². The van der Waals surface area contributed by atoms with Crippen molar-refractivity contribution in [2.24, 2.45) is 0 Å². The lowest BCUT2D eigenvalue weighted by Gasteiger charge is -2.28. The standard InChI is InChI=1S/C22H30O6Si/c1-4-26-29(27-5-2,28-6-3)17-11-16-25-20-15-10-14-19(22(20)24)21(23)18-12-8-7-9-13-18/h7-10,12-15,24H,4-6,11,16-17H2,1-3H3. The summed E-state index contributed by atoms with van der Waals surface area (Å²) in [7, 11) is -2.72. The predicted octanol–water partition coefficient (Wildman–Crippen LogP) is 4.44. The van der Waals surface area contributed by atoms with Crippen LogP contribution in [0.5, 0.6) is 11.5 Å². The molecule has 0 unspecified atom stereocenters. The smallest absolute Gasteiger partial charge is 0.501 e. The molecule has 0 saturated carbocycles. The molecule has 2 aromatic carbocycles. The van der Waals surface area contributed by atoms with E-state index in [0.29, 0.717) is 44.5 Å². The molecule has 0 radical (unpaired) electrons. The number of phenols is 1. The quantitative estimate of drug-likeness (QED) is 0.294. The first-order chi connectivity index (χ1) is 14.1. The molecule has 0 spiro atoms. The minimum atomic E-state index is -2.72. The van der Waals surface area contributed by atoms with Gasteiger partial charge in [0.05, 0.1) is 12.2 Å². The van der Waals surface area contributed by atoms with Crippen LogP contribution in [0.3, 0.4) is 0 Å². The van der Waals surface area contributed by atoms with Crippen molar-refractivity contribution >= 4 is 14.6 Å². The SMILES string of the molecule is CCO[Si](CCCOc1cccc(C(=O)c2ccccc2)c1O)(OCC)OCC. The number of phenolic OH excluding ortho intramolecular Hbond substituents is 1. The number of para-hydroxylation sites is 1. The van der Waals surface area contributed by atoms with Gasteiger partial charge in [0.1, 0.15) is 0 Å². The van der Waals surface area contributed by atoms with Crippen LogP contribution in [0.4, 0.5) is 0 Å². The molecule has 0 aromatic heterocycles. The number of hydrogen-bond donors (Lipinski definition) is 1. The van der Waals surface area contributed by atoms with Gasteiger partial charge in [-0.05, 0) is 39.3 Å². The van der Waals surface area contributed by atoms with Crippen LogP contribution in [0.2, 0.25) is 6.04 Å². The lowest BCUT2D eigenvalue weighted by atomic mass is 10.0. The van der Waals surface area contributed by atoms with Crippen molar-refractivity contribution in [3.63, 3.8) is 0 Å². The summed E-state index contributed by atoms with van der Waals surface area (Å²) in [6, 6.07) is 14.4. The predicted molar refractivity (Wildman–Crippen MR) is 114 cm³/mol. The van der Waals surface area contributed by atoms with E-state index in [1.807, 2.05) is 26.8 Å². The summed E-state index contributed by atoms with van der Waals surface area (Å²) in [5, 5.41) is 10.5. The summed E-state index contributed by atoms with van der Waals surface area (Å²) >= 11 is 0. The third-order valence-corrected chi connectivity index (χ3v) is 7.41. The summed E-state index contributed by atoms with van der Waals surface area (Å²) in [5.41, 5.74) is 0.733. The zero-order chi connectivity index (χ0) is 21.1. The number of hydrogen-bond acceptors (Lipinski definition) is 6. The Labute approximate surface area is 173 Å². The van der Waals surface area contributed by atoms with Gasteiger partial charge in [0.15, 0.2) is 17.3 Å². The van der Waals surface area contributed by atoms with Crippen LogP contribution in [0.1, 0.15) is 43.1 Å². The Morgan fingerprint density at radius 1 is 0.897 bits per heavy atom. The molecular weight excluding hydrogens is 388 g/mol. The molecule has 0 aliphatic rings. The van der Waals surface area contributed by atoms with Gasteiger partial charge in [0.25, 0.3) is 0 Å². The van der Waals surface area contributed by atoms with Gasteiger partial charge in [-0.25, -0.2) is 0 Å². The first-order valence-electron chi connectivity index (χ1n) is 10.0. The maximum atomic E-state index is 12.6. The van der Waals surface area contributed by atoms with E-state index in [1.54, 1.807) is 42.5 Å². The molecule has 6 nitrogen and oxygen atoms in total. The maximum absolute atomic E-state index is 12.6. The molecule has 7 heteroatoms.